The van der Waals surface area contributed by atoms with Gasteiger partial charge in [-0.3, -0.25) is 9.36 Å². The smallest absolute Gasteiger partial charge is 0.338 e. The van der Waals surface area contributed by atoms with Crippen molar-refractivity contribution in [3.05, 3.63) is 77.1 Å². The molecule has 1 aromatic carbocycles. The Labute approximate surface area is 198 Å². The van der Waals surface area contributed by atoms with E-state index >= 15 is 0 Å². The van der Waals surface area contributed by atoms with Crippen LogP contribution in [0.15, 0.2) is 56.8 Å². The monoisotopic (exact) mass is 484 g/mol. The van der Waals surface area contributed by atoms with Gasteiger partial charge in [0.05, 0.1) is 36.1 Å². The quantitative estimate of drug-likeness (QED) is 0.481. The highest BCUT2D eigenvalue weighted by atomic mass is 32.1. The van der Waals surface area contributed by atoms with Gasteiger partial charge in [-0.15, -0.1) is 11.3 Å². The molecule has 0 bridgehead atoms. The van der Waals surface area contributed by atoms with Crippen LogP contribution in [0.25, 0.3) is 6.08 Å². The highest BCUT2D eigenvalue weighted by Gasteiger charge is 2.35. The first-order valence-corrected chi connectivity index (χ1v) is 12.2. The van der Waals surface area contributed by atoms with Gasteiger partial charge >= 0.3 is 5.97 Å². The summed E-state index contributed by atoms with van der Waals surface area (Å²) in [6, 6.07) is 8.57. The number of ether oxygens (including phenoxy) is 3. The summed E-state index contributed by atoms with van der Waals surface area (Å²) in [5.74, 6) is 0.492. The van der Waals surface area contributed by atoms with E-state index < -0.39 is 12.0 Å². The number of hydrogen-bond donors (Lipinski definition) is 0. The summed E-state index contributed by atoms with van der Waals surface area (Å²) >= 11 is 2.84. The molecule has 0 saturated heterocycles. The van der Waals surface area contributed by atoms with Crippen molar-refractivity contribution >= 4 is 34.7 Å². The maximum absolute atomic E-state index is 13.6. The van der Waals surface area contributed by atoms with Gasteiger partial charge in [0.15, 0.2) is 16.3 Å². The molecule has 0 aliphatic carbocycles. The van der Waals surface area contributed by atoms with E-state index in [9.17, 15) is 9.59 Å². The molecule has 3 aromatic rings. The van der Waals surface area contributed by atoms with Gasteiger partial charge in [-0.25, -0.2) is 9.79 Å². The molecule has 0 fully saturated rings. The molecule has 0 unspecified atom stereocenters. The molecule has 1 aliphatic heterocycles. The van der Waals surface area contributed by atoms with Gasteiger partial charge < -0.3 is 14.2 Å². The van der Waals surface area contributed by atoms with E-state index in [0.29, 0.717) is 44.3 Å². The minimum absolute atomic E-state index is 0.210. The topological polar surface area (TPSA) is 79.1 Å². The number of fused-ring (bicyclic) bond motifs is 1. The fourth-order valence-corrected chi connectivity index (χ4v) is 5.57. The second-order valence-corrected chi connectivity index (χ2v) is 9.12. The Morgan fingerprint density at radius 1 is 1.21 bits per heavy atom. The first kappa shape index (κ1) is 23.0. The number of rotatable bonds is 7. The molecule has 0 spiro atoms. The summed E-state index contributed by atoms with van der Waals surface area (Å²) < 4.78 is 18.9. The highest BCUT2D eigenvalue weighted by Crippen LogP contribution is 2.40. The van der Waals surface area contributed by atoms with E-state index in [0.717, 1.165) is 4.88 Å². The van der Waals surface area contributed by atoms with Crippen LogP contribution in [-0.4, -0.2) is 30.9 Å². The van der Waals surface area contributed by atoms with Crippen LogP contribution < -0.4 is 24.4 Å². The van der Waals surface area contributed by atoms with Gasteiger partial charge in [0.1, 0.15) is 6.04 Å². The molecule has 1 atom stereocenters. The van der Waals surface area contributed by atoms with Gasteiger partial charge in [0, 0.05) is 10.4 Å². The second kappa shape index (κ2) is 9.76. The Morgan fingerprint density at radius 3 is 2.70 bits per heavy atom. The Bertz CT molecular complexity index is 1380. The van der Waals surface area contributed by atoms with Crippen LogP contribution in [-0.2, 0) is 9.53 Å². The zero-order valence-electron chi connectivity index (χ0n) is 18.8. The van der Waals surface area contributed by atoms with E-state index in [1.165, 1.54) is 11.3 Å². The van der Waals surface area contributed by atoms with Crippen molar-refractivity contribution in [2.45, 2.75) is 26.8 Å². The molecule has 0 amide bonds. The van der Waals surface area contributed by atoms with Crippen LogP contribution >= 0.6 is 22.7 Å². The molecular formula is C24H24N2O5S2. The average Bonchev–Trinajstić information content (AvgIpc) is 3.41. The standard InChI is InChI=1S/C24H24N2O5S2/c1-5-30-21-16(10-7-11-17(21)29-4)20-19(23(28)31-6-2)14(3)25-24-26(20)22(27)18(33-24)13-15-9-8-12-32-15/h7-13,20H,5-6H2,1-4H3/b18-13+/t20-/m0/s1. The summed E-state index contributed by atoms with van der Waals surface area (Å²) in [5, 5.41) is 1.96. The number of esters is 1. The molecule has 2 aromatic heterocycles. The number of para-hydroxylation sites is 1. The fourth-order valence-electron chi connectivity index (χ4n) is 3.80. The zero-order valence-corrected chi connectivity index (χ0v) is 20.4. The number of benzene rings is 1. The third-order valence-electron chi connectivity index (χ3n) is 5.15. The zero-order chi connectivity index (χ0) is 23.5. The van der Waals surface area contributed by atoms with Crippen LogP contribution in [0.5, 0.6) is 11.5 Å². The lowest BCUT2D eigenvalue weighted by molar-refractivity contribution is -0.139. The lowest BCUT2D eigenvalue weighted by Gasteiger charge is -2.26. The molecule has 0 radical (unpaired) electrons. The van der Waals surface area contributed by atoms with Crippen LogP contribution in [0.2, 0.25) is 0 Å². The van der Waals surface area contributed by atoms with Crippen LogP contribution in [0.4, 0.5) is 0 Å². The predicted molar refractivity (Wildman–Crippen MR) is 129 cm³/mol. The largest absolute Gasteiger partial charge is 0.493 e. The molecule has 3 heterocycles. The molecule has 172 valence electrons. The van der Waals surface area contributed by atoms with Crippen molar-refractivity contribution in [2.24, 2.45) is 4.99 Å². The molecule has 0 saturated carbocycles. The average molecular weight is 485 g/mol. The first-order valence-electron chi connectivity index (χ1n) is 10.5. The van der Waals surface area contributed by atoms with Gasteiger partial charge in [0.25, 0.3) is 5.56 Å². The Kier molecular flexibility index (Phi) is 6.80. The number of methoxy groups -OCH3 is 1. The first-order chi connectivity index (χ1) is 16.0. The van der Waals surface area contributed by atoms with Crippen molar-refractivity contribution in [2.75, 3.05) is 20.3 Å². The summed E-state index contributed by atoms with van der Waals surface area (Å²) in [7, 11) is 1.56. The number of carbonyl (C=O) groups excluding carboxylic acids is 1. The van der Waals surface area contributed by atoms with Crippen molar-refractivity contribution in [1.29, 1.82) is 0 Å². The van der Waals surface area contributed by atoms with E-state index in [4.69, 9.17) is 14.2 Å². The fraction of sp³-hybridized carbons (Fsp3) is 0.292. The summed E-state index contributed by atoms with van der Waals surface area (Å²) in [5.41, 5.74) is 1.22. The van der Waals surface area contributed by atoms with Crippen LogP contribution in [0.1, 0.15) is 37.3 Å². The molecule has 9 heteroatoms. The Morgan fingerprint density at radius 2 is 2.03 bits per heavy atom. The molecular weight excluding hydrogens is 460 g/mol. The molecule has 0 N–H and O–H groups in total. The number of hydrogen-bond acceptors (Lipinski definition) is 8. The lowest BCUT2D eigenvalue weighted by Crippen LogP contribution is -2.40. The van der Waals surface area contributed by atoms with E-state index in [2.05, 4.69) is 4.99 Å². The van der Waals surface area contributed by atoms with Crippen molar-refractivity contribution in [1.82, 2.24) is 4.57 Å². The lowest BCUT2D eigenvalue weighted by atomic mass is 9.94. The Hall–Kier alpha value is -3.17. The van der Waals surface area contributed by atoms with E-state index in [1.54, 1.807) is 42.9 Å². The third-order valence-corrected chi connectivity index (χ3v) is 6.95. The van der Waals surface area contributed by atoms with Gasteiger partial charge in [-0.1, -0.05) is 29.5 Å². The molecule has 4 rings (SSSR count). The van der Waals surface area contributed by atoms with Gasteiger partial charge in [-0.2, -0.15) is 0 Å². The number of aromatic nitrogens is 1. The van der Waals surface area contributed by atoms with Crippen molar-refractivity contribution in [3.8, 4) is 11.5 Å². The number of nitrogens with zero attached hydrogens (tertiary/aromatic N) is 2. The predicted octanol–water partition coefficient (Wildman–Crippen LogP) is 3.27. The highest BCUT2D eigenvalue weighted by molar-refractivity contribution is 7.11. The van der Waals surface area contributed by atoms with Crippen LogP contribution in [0.3, 0.4) is 0 Å². The summed E-state index contributed by atoms with van der Waals surface area (Å²) in [4.78, 5) is 32.8. The van der Waals surface area contributed by atoms with E-state index in [1.807, 2.05) is 42.6 Å². The van der Waals surface area contributed by atoms with Crippen LogP contribution in [0, 0.1) is 0 Å². The number of thiophene rings is 1. The minimum Gasteiger partial charge on any atom is -0.493 e. The number of carbonyl (C=O) groups is 1. The van der Waals surface area contributed by atoms with Crippen molar-refractivity contribution < 1.29 is 19.0 Å². The SMILES string of the molecule is CCOC(=O)C1=C(C)N=c2s/c(=C/c3cccs3)c(=O)n2[C@H]1c1cccc(OC)c1OCC. The second-order valence-electron chi connectivity index (χ2n) is 7.13. The Balaban J connectivity index is 2.03. The maximum atomic E-state index is 13.6. The normalized spacial score (nSPS) is 15.8. The molecule has 7 nitrogen and oxygen atoms in total. The maximum Gasteiger partial charge on any atom is 0.338 e. The number of thiazole rings is 1. The van der Waals surface area contributed by atoms with Gasteiger partial charge in [-0.05, 0) is 44.4 Å². The van der Waals surface area contributed by atoms with Gasteiger partial charge in [0.2, 0.25) is 0 Å². The van der Waals surface area contributed by atoms with Crippen molar-refractivity contribution in [3.63, 3.8) is 0 Å². The molecule has 1 aliphatic rings. The number of allylic oxidation sites excluding steroid dienone is 1. The summed E-state index contributed by atoms with van der Waals surface area (Å²) in [6.45, 7) is 5.98. The minimum atomic E-state index is -0.762. The molecule has 33 heavy (non-hydrogen) atoms. The van der Waals surface area contributed by atoms with E-state index in [-0.39, 0.29) is 12.2 Å². The summed E-state index contributed by atoms with van der Waals surface area (Å²) in [6.07, 6.45) is 1.85. The third kappa shape index (κ3) is 4.26.